The standard InChI is InChI=1S/C11H6Cl5NO/c12-5-1-4(10(18)6(13)3-5)2-7-8(14)9(15)11(16)17-7/h1,3,17-18H,2H2. The second-order valence-electron chi connectivity index (χ2n) is 3.62. The summed E-state index contributed by atoms with van der Waals surface area (Å²) in [6.07, 6.45) is 0.289. The average Bonchev–Trinajstić information content (AvgIpc) is 2.53. The Bertz CT molecular complexity index is 608. The smallest absolute Gasteiger partial charge is 0.137 e. The number of H-pyrrole nitrogens is 1. The number of aromatic nitrogens is 1. The van der Waals surface area contributed by atoms with Gasteiger partial charge >= 0.3 is 0 Å². The number of aromatic hydroxyl groups is 1. The Morgan fingerprint density at radius 2 is 1.67 bits per heavy atom. The molecular formula is C11H6Cl5NO. The van der Waals surface area contributed by atoms with Crippen LogP contribution in [0.3, 0.4) is 0 Å². The molecule has 0 aliphatic rings. The highest BCUT2D eigenvalue weighted by Gasteiger charge is 2.16. The van der Waals surface area contributed by atoms with Crippen molar-refractivity contribution in [2.24, 2.45) is 0 Å². The van der Waals surface area contributed by atoms with Crippen molar-refractivity contribution in [2.75, 3.05) is 0 Å². The van der Waals surface area contributed by atoms with E-state index in [1.54, 1.807) is 6.07 Å². The number of phenolic OH excluding ortho intramolecular Hbond substituents is 1. The zero-order chi connectivity index (χ0) is 13.4. The summed E-state index contributed by atoms with van der Waals surface area (Å²) >= 11 is 29.4. The second kappa shape index (κ2) is 5.40. The lowest BCUT2D eigenvalue weighted by atomic mass is 10.1. The lowest BCUT2D eigenvalue weighted by molar-refractivity contribution is 0.469. The zero-order valence-corrected chi connectivity index (χ0v) is 12.5. The van der Waals surface area contributed by atoms with Gasteiger partial charge in [-0.15, -0.1) is 0 Å². The molecule has 1 heterocycles. The molecule has 0 saturated carbocycles. The third-order valence-corrected chi connectivity index (χ3v) is 4.16. The molecule has 1 aromatic heterocycles. The van der Waals surface area contributed by atoms with Crippen LogP contribution in [0.4, 0.5) is 0 Å². The molecule has 2 aromatic rings. The number of rotatable bonds is 2. The lowest BCUT2D eigenvalue weighted by Crippen LogP contribution is -1.91. The maximum absolute atomic E-state index is 9.84. The number of benzene rings is 1. The van der Waals surface area contributed by atoms with Gasteiger partial charge < -0.3 is 10.1 Å². The lowest BCUT2D eigenvalue weighted by Gasteiger charge is -2.06. The minimum Gasteiger partial charge on any atom is -0.506 e. The molecule has 0 aliphatic heterocycles. The van der Waals surface area contributed by atoms with Crippen molar-refractivity contribution in [3.05, 3.63) is 48.6 Å². The topological polar surface area (TPSA) is 36.0 Å². The average molecular weight is 345 g/mol. The van der Waals surface area contributed by atoms with Gasteiger partial charge in [0.1, 0.15) is 10.9 Å². The van der Waals surface area contributed by atoms with Crippen molar-refractivity contribution in [3.8, 4) is 5.75 Å². The van der Waals surface area contributed by atoms with E-state index in [1.807, 2.05) is 0 Å². The van der Waals surface area contributed by atoms with E-state index < -0.39 is 0 Å². The van der Waals surface area contributed by atoms with Gasteiger partial charge in [0, 0.05) is 22.7 Å². The fourth-order valence-electron chi connectivity index (χ4n) is 1.54. The number of nitrogens with one attached hydrogen (secondary N) is 1. The maximum Gasteiger partial charge on any atom is 0.137 e. The quantitative estimate of drug-likeness (QED) is 0.732. The third kappa shape index (κ3) is 2.68. The molecular weight excluding hydrogens is 339 g/mol. The first kappa shape index (κ1) is 14.2. The minimum absolute atomic E-state index is 0.0426. The number of phenols is 1. The van der Waals surface area contributed by atoms with Gasteiger partial charge in [-0.2, -0.15) is 0 Å². The Morgan fingerprint density at radius 3 is 2.22 bits per heavy atom. The summed E-state index contributed by atoms with van der Waals surface area (Å²) in [5.74, 6) is -0.0426. The van der Waals surface area contributed by atoms with Crippen molar-refractivity contribution in [3.63, 3.8) is 0 Å². The normalized spacial score (nSPS) is 10.9. The molecule has 0 atom stereocenters. The molecule has 0 unspecified atom stereocenters. The van der Waals surface area contributed by atoms with Crippen LogP contribution in [-0.4, -0.2) is 10.1 Å². The first-order chi connectivity index (χ1) is 8.40. The van der Waals surface area contributed by atoms with Crippen molar-refractivity contribution in [2.45, 2.75) is 6.42 Å². The summed E-state index contributed by atoms with van der Waals surface area (Å²) in [6, 6.07) is 3.06. The highest BCUT2D eigenvalue weighted by molar-refractivity contribution is 6.48. The molecule has 2 N–H and O–H groups in total. The largest absolute Gasteiger partial charge is 0.506 e. The van der Waals surface area contributed by atoms with Crippen molar-refractivity contribution >= 4 is 58.0 Å². The van der Waals surface area contributed by atoms with Crippen LogP contribution in [0.1, 0.15) is 11.3 Å². The van der Waals surface area contributed by atoms with Gasteiger partial charge in [0.2, 0.25) is 0 Å². The van der Waals surface area contributed by atoms with Crippen LogP contribution < -0.4 is 0 Å². The molecule has 0 radical (unpaired) electrons. The number of hydrogen-bond donors (Lipinski definition) is 2. The number of hydrogen-bond acceptors (Lipinski definition) is 1. The number of aromatic amines is 1. The number of halogens is 5. The Hall–Kier alpha value is -0.250. The van der Waals surface area contributed by atoms with E-state index in [0.29, 0.717) is 21.3 Å². The van der Waals surface area contributed by atoms with Gasteiger partial charge in [0.15, 0.2) is 0 Å². The van der Waals surface area contributed by atoms with Crippen LogP contribution in [0.15, 0.2) is 12.1 Å². The van der Waals surface area contributed by atoms with Gasteiger partial charge in [-0.1, -0.05) is 58.0 Å². The van der Waals surface area contributed by atoms with Gasteiger partial charge in [0.05, 0.1) is 15.1 Å². The van der Waals surface area contributed by atoms with Crippen molar-refractivity contribution in [1.29, 1.82) is 0 Å². The SMILES string of the molecule is Oc1c(Cl)cc(Cl)cc1Cc1[nH]c(Cl)c(Cl)c1Cl. The van der Waals surface area contributed by atoms with Gasteiger partial charge in [0.25, 0.3) is 0 Å². The van der Waals surface area contributed by atoms with Crippen LogP contribution in [-0.2, 0) is 6.42 Å². The first-order valence-electron chi connectivity index (χ1n) is 4.78. The predicted molar refractivity (Wildman–Crippen MR) is 76.8 cm³/mol. The molecule has 0 saturated heterocycles. The molecule has 2 nitrogen and oxygen atoms in total. The minimum atomic E-state index is -0.0426. The van der Waals surface area contributed by atoms with Gasteiger partial charge in [-0.25, -0.2) is 0 Å². The van der Waals surface area contributed by atoms with E-state index >= 15 is 0 Å². The summed E-state index contributed by atoms with van der Waals surface area (Å²) in [5.41, 5.74) is 1.12. The van der Waals surface area contributed by atoms with Crippen molar-refractivity contribution in [1.82, 2.24) is 4.98 Å². The second-order valence-corrected chi connectivity index (χ2v) is 5.60. The Labute approximate surface area is 128 Å². The van der Waals surface area contributed by atoms with Crippen LogP contribution in [0, 0.1) is 0 Å². The van der Waals surface area contributed by atoms with Gasteiger partial charge in [-0.3, -0.25) is 0 Å². The van der Waals surface area contributed by atoms with Crippen LogP contribution in [0.25, 0.3) is 0 Å². The van der Waals surface area contributed by atoms with Crippen LogP contribution in [0.2, 0.25) is 25.2 Å². The van der Waals surface area contributed by atoms with Gasteiger partial charge in [-0.05, 0) is 12.1 Å². The summed E-state index contributed by atoms with van der Waals surface area (Å²) in [7, 11) is 0. The molecule has 96 valence electrons. The van der Waals surface area contributed by atoms with Crippen LogP contribution >= 0.6 is 58.0 Å². The molecule has 0 bridgehead atoms. The van der Waals surface area contributed by atoms with Crippen molar-refractivity contribution < 1.29 is 5.11 Å². The zero-order valence-electron chi connectivity index (χ0n) is 8.70. The van der Waals surface area contributed by atoms with Crippen LogP contribution in [0.5, 0.6) is 5.75 Å². The molecule has 0 aliphatic carbocycles. The first-order valence-corrected chi connectivity index (χ1v) is 6.67. The van der Waals surface area contributed by atoms with E-state index in [-0.39, 0.29) is 27.4 Å². The highest BCUT2D eigenvalue weighted by atomic mass is 35.5. The maximum atomic E-state index is 9.84. The summed E-state index contributed by atoms with van der Waals surface area (Å²) in [5, 5.41) is 11.3. The van der Waals surface area contributed by atoms with E-state index in [2.05, 4.69) is 4.98 Å². The Kier molecular flexibility index (Phi) is 4.25. The molecule has 1 aromatic carbocycles. The van der Waals surface area contributed by atoms with E-state index in [1.165, 1.54) is 6.07 Å². The fourth-order valence-corrected chi connectivity index (χ4v) is 2.70. The molecule has 0 amide bonds. The van der Waals surface area contributed by atoms with E-state index in [9.17, 15) is 5.11 Å². The molecule has 0 fully saturated rings. The van der Waals surface area contributed by atoms with E-state index in [4.69, 9.17) is 58.0 Å². The van der Waals surface area contributed by atoms with E-state index in [0.717, 1.165) is 0 Å². The molecule has 7 heteroatoms. The fraction of sp³-hybridized carbons (Fsp3) is 0.0909. The molecule has 18 heavy (non-hydrogen) atoms. The monoisotopic (exact) mass is 343 g/mol. The molecule has 0 spiro atoms. The Morgan fingerprint density at radius 1 is 1.00 bits per heavy atom. The summed E-state index contributed by atoms with van der Waals surface area (Å²) in [6.45, 7) is 0. The molecule has 2 rings (SSSR count). The Balaban J connectivity index is 2.43. The summed E-state index contributed by atoms with van der Waals surface area (Å²) in [4.78, 5) is 2.83. The highest BCUT2D eigenvalue weighted by Crippen LogP contribution is 2.37. The summed E-state index contributed by atoms with van der Waals surface area (Å²) < 4.78 is 0. The third-order valence-electron chi connectivity index (χ3n) is 2.39. The predicted octanol–water partition coefficient (Wildman–Crippen LogP) is 5.58.